The fraction of sp³-hybridized carbons (Fsp3) is 0.571. The third-order valence-electron chi connectivity index (χ3n) is 3.53. The highest BCUT2D eigenvalue weighted by atomic mass is 16.4. The summed E-state index contributed by atoms with van der Waals surface area (Å²) in [6, 6.07) is -0.314. The first-order valence-corrected chi connectivity index (χ1v) is 6.55. The zero-order chi connectivity index (χ0) is 14.3. The smallest absolute Gasteiger partial charge is 0.323 e. The Morgan fingerprint density at radius 1 is 1.26 bits per heavy atom. The molecule has 0 aromatic heterocycles. The summed E-state index contributed by atoms with van der Waals surface area (Å²) in [7, 11) is 0. The highest BCUT2D eigenvalue weighted by molar-refractivity contribution is 5.80. The molecule has 5 nitrogen and oxygen atoms in total. The van der Waals surface area contributed by atoms with Crippen molar-refractivity contribution >= 4 is 12.0 Å². The van der Waals surface area contributed by atoms with Gasteiger partial charge in [0.05, 0.1) is 5.54 Å². The molecule has 0 bridgehead atoms. The Morgan fingerprint density at radius 3 is 2.42 bits per heavy atom. The van der Waals surface area contributed by atoms with Gasteiger partial charge < -0.3 is 15.3 Å². The van der Waals surface area contributed by atoms with Gasteiger partial charge in [0.15, 0.2) is 0 Å². The molecule has 0 aliphatic carbocycles. The minimum Gasteiger partial charge on any atom is -0.480 e. The standard InChI is InChI=1S/C14H22N2O3/c1-3-7-14(8-4-2)9-5-6-10-16(14)13(19)15-11-12(17)18/h3-4H,1-2,5-11H2,(H,15,19)(H,17,18). The number of carboxylic acid groups (broad SMARTS) is 1. The molecule has 2 N–H and O–H groups in total. The van der Waals surface area contributed by atoms with Crippen molar-refractivity contribution in [2.24, 2.45) is 0 Å². The Bertz CT molecular complexity index is 356. The third kappa shape index (κ3) is 3.84. The molecular weight excluding hydrogens is 244 g/mol. The number of nitrogens with zero attached hydrogens (tertiary/aromatic N) is 1. The van der Waals surface area contributed by atoms with Crippen LogP contribution in [0.4, 0.5) is 4.79 Å². The quantitative estimate of drug-likeness (QED) is 0.724. The maximum atomic E-state index is 12.2. The van der Waals surface area contributed by atoms with Gasteiger partial charge in [-0.25, -0.2) is 4.79 Å². The van der Waals surface area contributed by atoms with Crippen LogP contribution in [0.5, 0.6) is 0 Å². The van der Waals surface area contributed by atoms with Crippen LogP contribution in [0.3, 0.4) is 0 Å². The Balaban J connectivity index is 2.84. The van der Waals surface area contributed by atoms with E-state index in [1.165, 1.54) is 0 Å². The summed E-state index contributed by atoms with van der Waals surface area (Å²) < 4.78 is 0. The van der Waals surface area contributed by atoms with E-state index in [9.17, 15) is 9.59 Å². The van der Waals surface area contributed by atoms with Crippen LogP contribution in [0.25, 0.3) is 0 Å². The first-order valence-electron chi connectivity index (χ1n) is 6.55. The van der Waals surface area contributed by atoms with Crippen LogP contribution >= 0.6 is 0 Å². The number of nitrogens with one attached hydrogen (secondary N) is 1. The summed E-state index contributed by atoms with van der Waals surface area (Å²) in [6.45, 7) is 7.82. The lowest BCUT2D eigenvalue weighted by Crippen LogP contribution is -2.57. The SMILES string of the molecule is C=CCC1(CC=C)CCCCN1C(=O)NCC(=O)O. The molecule has 1 rings (SSSR count). The van der Waals surface area contributed by atoms with Crippen molar-refractivity contribution in [3.05, 3.63) is 25.3 Å². The van der Waals surface area contributed by atoms with E-state index in [-0.39, 0.29) is 18.1 Å². The van der Waals surface area contributed by atoms with Gasteiger partial charge in [-0.3, -0.25) is 4.79 Å². The molecule has 5 heteroatoms. The summed E-state index contributed by atoms with van der Waals surface area (Å²) in [4.78, 5) is 24.4. The summed E-state index contributed by atoms with van der Waals surface area (Å²) in [5.41, 5.74) is -0.301. The Kier molecular flexibility index (Phi) is 5.60. The highest BCUT2D eigenvalue weighted by Gasteiger charge is 2.39. The molecule has 0 spiro atoms. The predicted molar refractivity (Wildman–Crippen MR) is 74.0 cm³/mol. The van der Waals surface area contributed by atoms with E-state index >= 15 is 0 Å². The van der Waals surface area contributed by atoms with E-state index in [1.807, 2.05) is 12.2 Å². The average Bonchev–Trinajstić information content (AvgIpc) is 2.37. The normalized spacial score (nSPS) is 17.6. The van der Waals surface area contributed by atoms with Gasteiger partial charge in [0.25, 0.3) is 0 Å². The summed E-state index contributed by atoms with van der Waals surface area (Å²) in [6.07, 6.45) is 7.91. The van der Waals surface area contributed by atoms with Crippen molar-refractivity contribution in [2.45, 2.75) is 37.6 Å². The monoisotopic (exact) mass is 266 g/mol. The minimum atomic E-state index is -1.04. The number of hydrogen-bond donors (Lipinski definition) is 2. The highest BCUT2D eigenvalue weighted by Crippen LogP contribution is 2.35. The lowest BCUT2D eigenvalue weighted by atomic mass is 9.81. The molecule has 1 saturated heterocycles. The van der Waals surface area contributed by atoms with Gasteiger partial charge in [-0.1, -0.05) is 12.2 Å². The number of rotatable bonds is 6. The van der Waals surface area contributed by atoms with Crippen molar-refractivity contribution in [2.75, 3.05) is 13.1 Å². The van der Waals surface area contributed by atoms with Crippen molar-refractivity contribution < 1.29 is 14.7 Å². The molecule has 1 fully saturated rings. The number of aliphatic carboxylic acids is 1. The van der Waals surface area contributed by atoms with Crippen molar-refractivity contribution in [3.63, 3.8) is 0 Å². The Morgan fingerprint density at radius 2 is 1.89 bits per heavy atom. The topological polar surface area (TPSA) is 69.6 Å². The van der Waals surface area contributed by atoms with Crippen LogP contribution < -0.4 is 5.32 Å². The second kappa shape index (κ2) is 6.97. The van der Waals surface area contributed by atoms with E-state index in [0.717, 1.165) is 19.3 Å². The van der Waals surface area contributed by atoms with Gasteiger partial charge in [-0.2, -0.15) is 0 Å². The molecule has 0 radical (unpaired) electrons. The zero-order valence-corrected chi connectivity index (χ0v) is 11.2. The van der Waals surface area contributed by atoms with E-state index < -0.39 is 5.97 Å². The molecule has 1 heterocycles. The van der Waals surface area contributed by atoms with Crippen molar-refractivity contribution in [1.29, 1.82) is 0 Å². The number of carbonyl (C=O) groups is 2. The molecule has 1 aliphatic heterocycles. The fourth-order valence-electron chi connectivity index (χ4n) is 2.70. The maximum Gasteiger partial charge on any atom is 0.323 e. The predicted octanol–water partition coefficient (Wildman–Crippen LogP) is 2.16. The van der Waals surface area contributed by atoms with Gasteiger partial charge in [0, 0.05) is 6.54 Å². The van der Waals surface area contributed by atoms with Crippen LogP contribution in [0.1, 0.15) is 32.1 Å². The molecule has 0 saturated carbocycles. The molecule has 1 aliphatic rings. The van der Waals surface area contributed by atoms with E-state index in [2.05, 4.69) is 18.5 Å². The van der Waals surface area contributed by atoms with E-state index in [0.29, 0.717) is 19.4 Å². The summed E-state index contributed by atoms with van der Waals surface area (Å²) in [5, 5.41) is 11.1. The zero-order valence-electron chi connectivity index (χ0n) is 11.2. The molecule has 19 heavy (non-hydrogen) atoms. The summed E-state index contributed by atoms with van der Waals surface area (Å²) in [5.74, 6) is -1.04. The van der Waals surface area contributed by atoms with Gasteiger partial charge in [0.2, 0.25) is 0 Å². The first kappa shape index (κ1) is 15.3. The van der Waals surface area contributed by atoms with E-state index in [1.54, 1.807) is 4.90 Å². The Hall–Kier alpha value is -1.78. The van der Waals surface area contributed by atoms with Gasteiger partial charge in [0.1, 0.15) is 6.54 Å². The van der Waals surface area contributed by atoms with E-state index in [4.69, 9.17) is 5.11 Å². The lowest BCUT2D eigenvalue weighted by molar-refractivity contribution is -0.135. The first-order chi connectivity index (χ1) is 9.05. The summed E-state index contributed by atoms with van der Waals surface area (Å²) >= 11 is 0. The maximum absolute atomic E-state index is 12.2. The minimum absolute atomic E-state index is 0.301. The average molecular weight is 266 g/mol. The third-order valence-corrected chi connectivity index (χ3v) is 3.53. The molecule has 0 aromatic rings. The molecule has 0 atom stereocenters. The number of hydrogen-bond acceptors (Lipinski definition) is 2. The molecule has 0 unspecified atom stereocenters. The molecular formula is C14H22N2O3. The lowest BCUT2D eigenvalue weighted by Gasteiger charge is -2.46. The second-order valence-electron chi connectivity index (χ2n) is 4.87. The number of urea groups is 1. The fourth-order valence-corrected chi connectivity index (χ4v) is 2.70. The number of carboxylic acids is 1. The van der Waals surface area contributed by atoms with Crippen LogP contribution in [-0.2, 0) is 4.79 Å². The molecule has 106 valence electrons. The van der Waals surface area contributed by atoms with Crippen molar-refractivity contribution in [3.8, 4) is 0 Å². The van der Waals surface area contributed by atoms with Crippen LogP contribution in [0.15, 0.2) is 25.3 Å². The van der Waals surface area contributed by atoms with Crippen LogP contribution in [0, 0.1) is 0 Å². The van der Waals surface area contributed by atoms with Crippen LogP contribution in [-0.4, -0.2) is 40.6 Å². The van der Waals surface area contributed by atoms with Gasteiger partial charge in [-0.05, 0) is 32.1 Å². The van der Waals surface area contributed by atoms with Crippen molar-refractivity contribution in [1.82, 2.24) is 10.2 Å². The number of carbonyl (C=O) groups excluding carboxylic acids is 1. The Labute approximate surface area is 114 Å². The molecule has 2 amide bonds. The second-order valence-corrected chi connectivity index (χ2v) is 4.87. The van der Waals surface area contributed by atoms with Gasteiger partial charge >= 0.3 is 12.0 Å². The number of amides is 2. The number of likely N-dealkylation sites (tertiary alicyclic amines) is 1. The molecule has 0 aromatic carbocycles. The number of piperidine rings is 1. The largest absolute Gasteiger partial charge is 0.480 e. The van der Waals surface area contributed by atoms with Crippen LogP contribution in [0.2, 0.25) is 0 Å². The van der Waals surface area contributed by atoms with Gasteiger partial charge in [-0.15, -0.1) is 13.2 Å².